The second-order valence-electron chi connectivity index (χ2n) is 6.00. The number of phenols is 1. The number of hydrogen-bond donors (Lipinski definition) is 1. The molecule has 0 aliphatic rings. The normalized spacial score (nSPS) is 11.0. The summed E-state index contributed by atoms with van der Waals surface area (Å²) >= 11 is 0. The van der Waals surface area contributed by atoms with Gasteiger partial charge in [-0.25, -0.2) is 4.98 Å². The van der Waals surface area contributed by atoms with Crippen LogP contribution in [0, 0.1) is 6.92 Å². The van der Waals surface area contributed by atoms with Crippen LogP contribution in [-0.4, -0.2) is 23.3 Å². The van der Waals surface area contributed by atoms with Crippen LogP contribution in [0.25, 0.3) is 22.2 Å². The van der Waals surface area contributed by atoms with Crippen LogP contribution in [0.4, 0.5) is 0 Å². The zero-order chi connectivity index (χ0) is 17.3. The number of para-hydroxylation sites is 2. The van der Waals surface area contributed by atoms with Gasteiger partial charge in [-0.05, 0) is 50.6 Å². The van der Waals surface area contributed by atoms with Crippen LogP contribution in [0.3, 0.4) is 0 Å². The van der Waals surface area contributed by atoms with Crippen LogP contribution in [0.5, 0.6) is 17.2 Å². The van der Waals surface area contributed by atoms with Gasteiger partial charge < -0.3 is 14.6 Å². The number of nitrogens with zero attached hydrogens (tertiary/aromatic N) is 1. The predicted molar refractivity (Wildman–Crippen MR) is 95.9 cm³/mol. The molecule has 124 valence electrons. The van der Waals surface area contributed by atoms with E-state index in [4.69, 9.17) is 14.5 Å². The van der Waals surface area contributed by atoms with Crippen LogP contribution in [0.2, 0.25) is 0 Å². The molecule has 2 aromatic carbocycles. The third-order valence-electron chi connectivity index (χ3n) is 3.87. The topological polar surface area (TPSA) is 51.6 Å². The Morgan fingerprint density at radius 3 is 2.46 bits per heavy atom. The van der Waals surface area contributed by atoms with E-state index in [0.717, 1.165) is 22.2 Å². The molecule has 0 spiro atoms. The Morgan fingerprint density at radius 2 is 1.75 bits per heavy atom. The molecule has 1 heterocycles. The van der Waals surface area contributed by atoms with Crippen LogP contribution in [0.1, 0.15) is 19.4 Å². The Kier molecular flexibility index (Phi) is 4.30. The number of benzene rings is 2. The highest BCUT2D eigenvalue weighted by Gasteiger charge is 2.14. The first kappa shape index (κ1) is 16.1. The summed E-state index contributed by atoms with van der Waals surface area (Å²) in [5.41, 5.74) is 3.20. The number of aromatic hydroxyl groups is 1. The van der Waals surface area contributed by atoms with E-state index in [1.807, 2.05) is 57.2 Å². The highest BCUT2D eigenvalue weighted by atomic mass is 16.5. The van der Waals surface area contributed by atoms with Crippen molar-refractivity contribution in [3.8, 4) is 28.5 Å². The summed E-state index contributed by atoms with van der Waals surface area (Å²) in [7, 11) is 1.53. The molecular formula is C20H21NO3. The second kappa shape index (κ2) is 6.40. The number of pyridine rings is 1. The third-order valence-corrected chi connectivity index (χ3v) is 3.87. The maximum absolute atomic E-state index is 10.4. The minimum absolute atomic E-state index is 0.0617. The number of aryl methyl sites for hydroxylation is 1. The third kappa shape index (κ3) is 2.87. The van der Waals surface area contributed by atoms with Crippen molar-refractivity contribution in [3.63, 3.8) is 0 Å². The molecular weight excluding hydrogens is 302 g/mol. The smallest absolute Gasteiger partial charge is 0.167 e. The molecule has 0 amide bonds. The molecule has 0 atom stereocenters. The van der Waals surface area contributed by atoms with Gasteiger partial charge in [0.2, 0.25) is 0 Å². The van der Waals surface area contributed by atoms with Crippen LogP contribution in [0.15, 0.2) is 42.5 Å². The lowest BCUT2D eigenvalue weighted by atomic mass is 10.0. The highest BCUT2D eigenvalue weighted by molar-refractivity contribution is 5.90. The minimum atomic E-state index is 0.0617. The summed E-state index contributed by atoms with van der Waals surface area (Å²) in [5, 5.41) is 11.5. The van der Waals surface area contributed by atoms with Crippen molar-refractivity contribution >= 4 is 10.9 Å². The van der Waals surface area contributed by atoms with E-state index in [1.165, 1.54) is 7.11 Å². The van der Waals surface area contributed by atoms with Crippen LogP contribution in [-0.2, 0) is 0 Å². The Morgan fingerprint density at radius 1 is 1.04 bits per heavy atom. The van der Waals surface area contributed by atoms with Gasteiger partial charge in [0.1, 0.15) is 11.3 Å². The monoisotopic (exact) mass is 323 g/mol. The number of rotatable bonds is 4. The van der Waals surface area contributed by atoms with Gasteiger partial charge in [-0.1, -0.05) is 18.2 Å². The maximum Gasteiger partial charge on any atom is 0.167 e. The molecule has 4 nitrogen and oxygen atoms in total. The quantitative estimate of drug-likeness (QED) is 0.755. The number of ether oxygens (including phenoxy) is 2. The summed E-state index contributed by atoms with van der Waals surface area (Å²) in [6.45, 7) is 6.01. The average molecular weight is 323 g/mol. The van der Waals surface area contributed by atoms with E-state index in [1.54, 1.807) is 6.07 Å². The van der Waals surface area contributed by atoms with E-state index < -0.39 is 0 Å². The zero-order valence-electron chi connectivity index (χ0n) is 14.3. The van der Waals surface area contributed by atoms with Gasteiger partial charge in [0.15, 0.2) is 11.5 Å². The number of phenolic OH excluding ortho intramolecular Hbond substituents is 1. The Bertz CT molecular complexity index is 887. The molecule has 24 heavy (non-hydrogen) atoms. The van der Waals surface area contributed by atoms with E-state index in [2.05, 4.69) is 0 Å². The van der Waals surface area contributed by atoms with Gasteiger partial charge in [-0.2, -0.15) is 0 Å². The van der Waals surface area contributed by atoms with Gasteiger partial charge in [-0.15, -0.1) is 0 Å². The molecule has 0 unspecified atom stereocenters. The molecule has 3 rings (SSSR count). The lowest BCUT2D eigenvalue weighted by molar-refractivity contribution is 0.245. The molecule has 1 N–H and O–H groups in total. The number of fused-ring (bicyclic) bond motifs is 1. The molecule has 0 aliphatic heterocycles. The predicted octanol–water partition coefficient (Wildman–Crippen LogP) is 4.71. The van der Waals surface area contributed by atoms with Crippen molar-refractivity contribution in [2.75, 3.05) is 7.11 Å². The summed E-state index contributed by atoms with van der Waals surface area (Å²) in [4.78, 5) is 4.75. The number of hydrogen-bond acceptors (Lipinski definition) is 4. The zero-order valence-corrected chi connectivity index (χ0v) is 14.3. The van der Waals surface area contributed by atoms with Gasteiger partial charge in [0.25, 0.3) is 0 Å². The van der Waals surface area contributed by atoms with Gasteiger partial charge >= 0.3 is 0 Å². The van der Waals surface area contributed by atoms with E-state index in [-0.39, 0.29) is 11.9 Å². The first-order valence-electron chi connectivity index (χ1n) is 7.94. The van der Waals surface area contributed by atoms with Crippen LogP contribution >= 0.6 is 0 Å². The molecule has 0 saturated carbocycles. The average Bonchev–Trinajstić information content (AvgIpc) is 2.55. The SMILES string of the molecule is COc1cccc(-c2cc(C)c3cccc(OC(C)C)c3n2)c1O. The molecule has 3 aromatic rings. The van der Waals surface area contributed by atoms with Crippen molar-refractivity contribution in [1.29, 1.82) is 0 Å². The fraction of sp³-hybridized carbons (Fsp3) is 0.250. The second-order valence-corrected chi connectivity index (χ2v) is 6.00. The summed E-state index contributed by atoms with van der Waals surface area (Å²) < 4.78 is 11.1. The molecule has 4 heteroatoms. The molecule has 0 saturated heterocycles. The highest BCUT2D eigenvalue weighted by Crippen LogP contribution is 2.38. The first-order valence-corrected chi connectivity index (χ1v) is 7.94. The number of aromatic nitrogens is 1. The van der Waals surface area contributed by atoms with Crippen molar-refractivity contribution in [2.45, 2.75) is 26.9 Å². The van der Waals surface area contributed by atoms with Crippen molar-refractivity contribution in [2.24, 2.45) is 0 Å². The van der Waals surface area contributed by atoms with Crippen LogP contribution < -0.4 is 9.47 Å². The fourth-order valence-corrected chi connectivity index (χ4v) is 2.77. The Hall–Kier alpha value is -2.75. The lowest BCUT2D eigenvalue weighted by Crippen LogP contribution is -2.06. The molecule has 1 aromatic heterocycles. The van der Waals surface area contributed by atoms with Gasteiger partial charge in [0, 0.05) is 10.9 Å². The van der Waals surface area contributed by atoms with E-state index in [9.17, 15) is 5.11 Å². The van der Waals surface area contributed by atoms with Crippen molar-refractivity contribution in [1.82, 2.24) is 4.98 Å². The molecule has 0 fully saturated rings. The molecule has 0 aliphatic carbocycles. The summed E-state index contributed by atoms with van der Waals surface area (Å²) in [5.74, 6) is 1.27. The Labute approximate surface area is 141 Å². The summed E-state index contributed by atoms with van der Waals surface area (Å²) in [6, 6.07) is 13.3. The minimum Gasteiger partial charge on any atom is -0.504 e. The molecule has 0 bridgehead atoms. The molecule has 0 radical (unpaired) electrons. The lowest BCUT2D eigenvalue weighted by Gasteiger charge is -2.15. The van der Waals surface area contributed by atoms with Crippen molar-refractivity contribution in [3.05, 3.63) is 48.0 Å². The van der Waals surface area contributed by atoms with Crippen molar-refractivity contribution < 1.29 is 14.6 Å². The van der Waals surface area contributed by atoms with E-state index in [0.29, 0.717) is 17.0 Å². The van der Waals surface area contributed by atoms with E-state index >= 15 is 0 Å². The first-order chi connectivity index (χ1) is 11.5. The maximum atomic E-state index is 10.4. The fourth-order valence-electron chi connectivity index (χ4n) is 2.77. The Balaban J connectivity index is 2.24. The van der Waals surface area contributed by atoms with Gasteiger partial charge in [0.05, 0.1) is 18.9 Å². The summed E-state index contributed by atoms with van der Waals surface area (Å²) in [6.07, 6.45) is 0.0617. The largest absolute Gasteiger partial charge is 0.504 e. The standard InChI is InChI=1S/C20H21NO3/c1-12(2)24-17-9-5-7-14-13(3)11-16(21-19(14)17)15-8-6-10-18(23-4)20(15)22/h5-12,22H,1-4H3. The van der Waals surface area contributed by atoms with Gasteiger partial charge in [-0.3, -0.25) is 0 Å². The number of methoxy groups -OCH3 is 1.